The van der Waals surface area contributed by atoms with Gasteiger partial charge in [-0.05, 0) is 19.9 Å². The quantitative estimate of drug-likeness (QED) is 0.900. The SMILES string of the molecule is COc1cnn(C(C)C)c1C1(O)C(=O)Nc2ccccc21. The summed E-state index contributed by atoms with van der Waals surface area (Å²) >= 11 is 0. The number of aromatic nitrogens is 2. The van der Waals surface area contributed by atoms with Gasteiger partial charge < -0.3 is 15.2 Å². The van der Waals surface area contributed by atoms with Crippen LogP contribution in [0.1, 0.15) is 31.1 Å². The van der Waals surface area contributed by atoms with Crippen LogP contribution in [0.5, 0.6) is 5.75 Å². The molecule has 1 aliphatic rings. The van der Waals surface area contributed by atoms with E-state index in [1.165, 1.54) is 13.3 Å². The molecule has 6 nitrogen and oxygen atoms in total. The maximum atomic E-state index is 12.4. The maximum absolute atomic E-state index is 12.4. The molecule has 0 saturated carbocycles. The molecule has 2 aromatic rings. The Morgan fingerprint density at radius 2 is 2.10 bits per heavy atom. The maximum Gasteiger partial charge on any atom is 0.267 e. The van der Waals surface area contributed by atoms with E-state index in [2.05, 4.69) is 10.4 Å². The number of nitrogens with zero attached hydrogens (tertiary/aromatic N) is 2. The molecule has 0 saturated heterocycles. The number of aliphatic hydroxyl groups is 1. The van der Waals surface area contributed by atoms with Gasteiger partial charge in [0, 0.05) is 17.3 Å². The zero-order chi connectivity index (χ0) is 15.2. The Balaban J connectivity index is 2.29. The summed E-state index contributed by atoms with van der Waals surface area (Å²) in [5.74, 6) is -0.109. The van der Waals surface area contributed by atoms with Gasteiger partial charge in [-0.1, -0.05) is 18.2 Å². The van der Waals surface area contributed by atoms with Crippen molar-refractivity contribution in [2.45, 2.75) is 25.5 Å². The van der Waals surface area contributed by atoms with Crippen molar-refractivity contribution in [3.05, 3.63) is 41.7 Å². The summed E-state index contributed by atoms with van der Waals surface area (Å²) < 4.78 is 6.91. The number of fused-ring (bicyclic) bond motifs is 1. The zero-order valence-electron chi connectivity index (χ0n) is 12.1. The predicted molar refractivity (Wildman–Crippen MR) is 77.2 cm³/mol. The summed E-state index contributed by atoms with van der Waals surface area (Å²) in [6.07, 6.45) is 1.52. The first-order chi connectivity index (χ1) is 10.00. The molecule has 0 aliphatic carbocycles. The van der Waals surface area contributed by atoms with Crippen LogP contribution >= 0.6 is 0 Å². The Kier molecular flexibility index (Phi) is 2.98. The summed E-state index contributed by atoms with van der Waals surface area (Å²) in [5, 5.41) is 18.1. The van der Waals surface area contributed by atoms with Crippen molar-refractivity contribution in [1.29, 1.82) is 0 Å². The number of nitrogens with one attached hydrogen (secondary N) is 1. The molecule has 0 radical (unpaired) electrons. The number of amides is 1. The average molecular weight is 287 g/mol. The van der Waals surface area contributed by atoms with Gasteiger partial charge in [0.05, 0.1) is 13.3 Å². The minimum Gasteiger partial charge on any atom is -0.493 e. The Bertz CT molecular complexity index is 708. The minimum absolute atomic E-state index is 0.0199. The van der Waals surface area contributed by atoms with Gasteiger partial charge in [-0.25, -0.2) is 0 Å². The van der Waals surface area contributed by atoms with Crippen molar-refractivity contribution in [2.75, 3.05) is 12.4 Å². The second-order valence-electron chi connectivity index (χ2n) is 5.31. The third kappa shape index (κ3) is 1.76. The molecule has 2 heterocycles. The molecule has 110 valence electrons. The van der Waals surface area contributed by atoms with E-state index < -0.39 is 11.5 Å². The Hall–Kier alpha value is -2.34. The van der Waals surface area contributed by atoms with E-state index in [0.29, 0.717) is 22.7 Å². The second kappa shape index (κ2) is 4.60. The average Bonchev–Trinajstić information content (AvgIpc) is 3.00. The van der Waals surface area contributed by atoms with Gasteiger partial charge in [-0.15, -0.1) is 0 Å². The highest BCUT2D eigenvalue weighted by Crippen LogP contribution is 2.44. The largest absolute Gasteiger partial charge is 0.493 e. The Morgan fingerprint density at radius 1 is 1.38 bits per heavy atom. The number of anilines is 1. The molecule has 6 heteroatoms. The van der Waals surface area contributed by atoms with Crippen LogP contribution in [-0.4, -0.2) is 27.9 Å². The van der Waals surface area contributed by atoms with Gasteiger partial charge in [-0.2, -0.15) is 5.10 Å². The number of rotatable bonds is 3. The molecule has 1 unspecified atom stereocenters. The number of hydrogen-bond acceptors (Lipinski definition) is 4. The highest BCUT2D eigenvalue weighted by molar-refractivity contribution is 6.07. The van der Waals surface area contributed by atoms with Crippen LogP contribution in [0.2, 0.25) is 0 Å². The summed E-state index contributed by atoms with van der Waals surface area (Å²) in [4.78, 5) is 12.4. The molecule has 2 N–H and O–H groups in total. The molecule has 0 spiro atoms. The lowest BCUT2D eigenvalue weighted by atomic mass is 9.91. The first kappa shape index (κ1) is 13.6. The van der Waals surface area contributed by atoms with E-state index >= 15 is 0 Å². The molecule has 1 aromatic heterocycles. The normalized spacial score (nSPS) is 20.5. The van der Waals surface area contributed by atoms with Crippen LogP contribution < -0.4 is 10.1 Å². The van der Waals surface area contributed by atoms with Gasteiger partial charge in [0.25, 0.3) is 5.91 Å². The molecule has 0 fully saturated rings. The molecule has 3 rings (SSSR count). The number of carbonyl (C=O) groups is 1. The fourth-order valence-corrected chi connectivity index (χ4v) is 2.71. The fraction of sp³-hybridized carbons (Fsp3) is 0.333. The van der Waals surface area contributed by atoms with Gasteiger partial charge >= 0.3 is 0 Å². The van der Waals surface area contributed by atoms with Crippen molar-refractivity contribution < 1.29 is 14.6 Å². The number of para-hydroxylation sites is 1. The lowest BCUT2D eigenvalue weighted by molar-refractivity contribution is -0.130. The van der Waals surface area contributed by atoms with E-state index in [1.54, 1.807) is 22.9 Å². The zero-order valence-corrected chi connectivity index (χ0v) is 12.1. The van der Waals surface area contributed by atoms with Crippen molar-refractivity contribution in [2.24, 2.45) is 0 Å². The highest BCUT2D eigenvalue weighted by Gasteiger charge is 2.51. The minimum atomic E-state index is -1.80. The molecule has 1 atom stereocenters. The van der Waals surface area contributed by atoms with E-state index in [-0.39, 0.29) is 6.04 Å². The molecular formula is C15H17N3O3. The van der Waals surface area contributed by atoms with Crippen LogP contribution in [0.25, 0.3) is 0 Å². The lowest BCUT2D eigenvalue weighted by Crippen LogP contribution is -2.38. The fourth-order valence-electron chi connectivity index (χ4n) is 2.71. The Labute approximate surface area is 122 Å². The first-order valence-corrected chi connectivity index (χ1v) is 6.75. The van der Waals surface area contributed by atoms with Crippen LogP contribution in [0, 0.1) is 0 Å². The summed E-state index contributed by atoms with van der Waals surface area (Å²) in [6.45, 7) is 3.86. The smallest absolute Gasteiger partial charge is 0.267 e. The van der Waals surface area contributed by atoms with Crippen molar-refractivity contribution >= 4 is 11.6 Å². The first-order valence-electron chi connectivity index (χ1n) is 6.75. The molecule has 0 bridgehead atoms. The number of hydrogen-bond donors (Lipinski definition) is 2. The molecule has 21 heavy (non-hydrogen) atoms. The number of carbonyl (C=O) groups excluding carboxylic acids is 1. The monoisotopic (exact) mass is 287 g/mol. The third-order valence-electron chi connectivity index (χ3n) is 3.71. The van der Waals surface area contributed by atoms with Crippen molar-refractivity contribution in [3.8, 4) is 5.75 Å². The summed E-state index contributed by atoms with van der Waals surface area (Å²) in [6, 6.07) is 7.06. The standard InChI is InChI=1S/C15H17N3O3/c1-9(2)18-13(12(21-3)8-16-18)15(20)10-6-4-5-7-11(10)17-14(15)19/h4-9,20H,1-3H3,(H,17,19). The van der Waals surface area contributed by atoms with Crippen molar-refractivity contribution in [3.63, 3.8) is 0 Å². The van der Waals surface area contributed by atoms with Gasteiger partial charge in [0.15, 0.2) is 5.75 Å². The van der Waals surface area contributed by atoms with E-state index in [4.69, 9.17) is 4.74 Å². The second-order valence-corrected chi connectivity index (χ2v) is 5.31. The van der Waals surface area contributed by atoms with Crippen molar-refractivity contribution in [1.82, 2.24) is 9.78 Å². The molecule has 1 aliphatic heterocycles. The summed E-state index contributed by atoms with van der Waals surface area (Å²) in [7, 11) is 1.49. The predicted octanol–water partition coefficient (Wildman–Crippen LogP) is 1.66. The Morgan fingerprint density at radius 3 is 2.76 bits per heavy atom. The highest BCUT2D eigenvalue weighted by atomic mass is 16.5. The van der Waals surface area contributed by atoms with Crippen LogP contribution in [0.4, 0.5) is 5.69 Å². The number of methoxy groups -OCH3 is 1. The van der Waals surface area contributed by atoms with Gasteiger partial charge in [0.2, 0.25) is 5.60 Å². The molecule has 1 amide bonds. The topological polar surface area (TPSA) is 76.4 Å². The van der Waals surface area contributed by atoms with E-state index in [1.807, 2.05) is 19.9 Å². The number of benzene rings is 1. The van der Waals surface area contributed by atoms with E-state index in [0.717, 1.165) is 0 Å². The van der Waals surface area contributed by atoms with Gasteiger partial charge in [-0.3, -0.25) is 9.48 Å². The van der Waals surface area contributed by atoms with Crippen LogP contribution in [-0.2, 0) is 10.4 Å². The van der Waals surface area contributed by atoms with Gasteiger partial charge in [0.1, 0.15) is 5.69 Å². The summed E-state index contributed by atoms with van der Waals surface area (Å²) in [5.41, 5.74) is -0.343. The van der Waals surface area contributed by atoms with Crippen LogP contribution in [0.15, 0.2) is 30.5 Å². The van der Waals surface area contributed by atoms with Crippen LogP contribution in [0.3, 0.4) is 0 Å². The molecule has 1 aromatic carbocycles. The number of ether oxygens (including phenoxy) is 1. The molecular weight excluding hydrogens is 270 g/mol. The lowest BCUT2D eigenvalue weighted by Gasteiger charge is -2.24. The third-order valence-corrected chi connectivity index (χ3v) is 3.71. The van der Waals surface area contributed by atoms with E-state index in [9.17, 15) is 9.90 Å².